The first kappa shape index (κ1) is 15.3. The van der Waals surface area contributed by atoms with Gasteiger partial charge in [-0.3, -0.25) is 0 Å². The van der Waals surface area contributed by atoms with Crippen LogP contribution in [0.1, 0.15) is 33.3 Å². The van der Waals surface area contributed by atoms with Gasteiger partial charge < -0.3 is 10.2 Å². The zero-order chi connectivity index (χ0) is 13.7. The molecule has 0 aliphatic heterocycles. The van der Waals surface area contributed by atoms with E-state index in [0.29, 0.717) is 12.0 Å². The van der Waals surface area contributed by atoms with Crippen LogP contribution in [-0.4, -0.2) is 19.6 Å². The topological polar surface area (TPSA) is 15.3 Å². The number of hydrogen-bond acceptors (Lipinski definition) is 2. The molecule has 1 aromatic carbocycles. The van der Waals surface area contributed by atoms with Crippen molar-refractivity contribution in [2.24, 2.45) is 5.92 Å². The van der Waals surface area contributed by atoms with Gasteiger partial charge in [-0.25, -0.2) is 0 Å². The smallest absolute Gasteiger partial charge is 0.0642 e. The number of nitrogens with one attached hydrogen (secondary N) is 1. The minimum absolute atomic E-state index is 0.439. The van der Waals surface area contributed by atoms with Crippen LogP contribution in [0.4, 0.5) is 5.69 Å². The summed E-state index contributed by atoms with van der Waals surface area (Å²) in [5, 5.41) is 4.31. The van der Waals surface area contributed by atoms with Gasteiger partial charge in [0.25, 0.3) is 0 Å². The van der Waals surface area contributed by atoms with E-state index in [1.165, 1.54) is 5.56 Å². The molecule has 0 aliphatic carbocycles. The van der Waals surface area contributed by atoms with E-state index in [2.05, 4.69) is 51.0 Å². The van der Waals surface area contributed by atoms with Crippen LogP contribution in [0.25, 0.3) is 0 Å². The Morgan fingerprint density at radius 2 is 1.89 bits per heavy atom. The second-order valence-corrected chi connectivity index (χ2v) is 5.88. The van der Waals surface area contributed by atoms with Gasteiger partial charge in [0.2, 0.25) is 0 Å². The summed E-state index contributed by atoms with van der Waals surface area (Å²) in [5.74, 6) is 0.662. The van der Waals surface area contributed by atoms with Crippen molar-refractivity contribution < 1.29 is 0 Å². The zero-order valence-electron chi connectivity index (χ0n) is 12.1. The lowest BCUT2D eigenvalue weighted by Gasteiger charge is -2.27. The van der Waals surface area contributed by atoms with Gasteiger partial charge in [0, 0.05) is 19.6 Å². The number of benzene rings is 1. The third-order valence-corrected chi connectivity index (χ3v) is 3.37. The molecule has 0 saturated heterocycles. The molecule has 0 bridgehead atoms. The van der Waals surface area contributed by atoms with E-state index in [9.17, 15) is 0 Å². The minimum atomic E-state index is 0.439. The lowest BCUT2D eigenvalue weighted by molar-refractivity contribution is 0.551. The molecule has 0 spiro atoms. The standard InChI is InChI=1S/C15H25ClN2/c1-11(2)9-17-10-13-7-6-8-14(16)15(13)18(5)12(3)4/h6-8,11-12,17H,9-10H2,1-5H3. The van der Waals surface area contributed by atoms with Gasteiger partial charge in [-0.2, -0.15) is 0 Å². The van der Waals surface area contributed by atoms with Crippen LogP contribution in [0.3, 0.4) is 0 Å². The van der Waals surface area contributed by atoms with Crippen LogP contribution in [0.2, 0.25) is 5.02 Å². The van der Waals surface area contributed by atoms with Gasteiger partial charge in [0.1, 0.15) is 0 Å². The third-order valence-electron chi connectivity index (χ3n) is 3.07. The maximum Gasteiger partial charge on any atom is 0.0642 e. The van der Waals surface area contributed by atoms with Crippen LogP contribution in [0, 0.1) is 5.92 Å². The minimum Gasteiger partial charge on any atom is -0.371 e. The van der Waals surface area contributed by atoms with Crippen molar-refractivity contribution in [1.82, 2.24) is 5.32 Å². The average Bonchev–Trinajstić information content (AvgIpc) is 2.27. The van der Waals surface area contributed by atoms with Gasteiger partial charge in [-0.05, 0) is 37.9 Å². The first-order valence-electron chi connectivity index (χ1n) is 6.64. The summed E-state index contributed by atoms with van der Waals surface area (Å²) in [4.78, 5) is 2.23. The fourth-order valence-electron chi connectivity index (χ4n) is 1.85. The van der Waals surface area contributed by atoms with Crippen LogP contribution < -0.4 is 10.2 Å². The Kier molecular flexibility index (Phi) is 5.97. The fraction of sp³-hybridized carbons (Fsp3) is 0.600. The summed E-state index contributed by atoms with van der Waals surface area (Å²) < 4.78 is 0. The molecule has 0 heterocycles. The molecule has 0 saturated carbocycles. The van der Waals surface area contributed by atoms with Crippen molar-refractivity contribution >= 4 is 17.3 Å². The lowest BCUT2D eigenvalue weighted by atomic mass is 10.1. The number of nitrogens with zero attached hydrogens (tertiary/aromatic N) is 1. The highest BCUT2D eigenvalue weighted by molar-refractivity contribution is 6.33. The summed E-state index contributed by atoms with van der Waals surface area (Å²) >= 11 is 6.34. The van der Waals surface area contributed by atoms with E-state index in [0.717, 1.165) is 23.8 Å². The molecular formula is C15H25ClN2. The van der Waals surface area contributed by atoms with E-state index in [-0.39, 0.29) is 0 Å². The van der Waals surface area contributed by atoms with Crippen molar-refractivity contribution in [2.45, 2.75) is 40.3 Å². The molecule has 0 fully saturated rings. The number of halogens is 1. The first-order valence-corrected chi connectivity index (χ1v) is 7.02. The average molecular weight is 269 g/mol. The summed E-state index contributed by atoms with van der Waals surface area (Å²) in [6, 6.07) is 6.57. The zero-order valence-corrected chi connectivity index (χ0v) is 12.9. The van der Waals surface area contributed by atoms with Crippen LogP contribution in [0.5, 0.6) is 0 Å². The van der Waals surface area contributed by atoms with Crippen molar-refractivity contribution in [1.29, 1.82) is 0 Å². The van der Waals surface area contributed by atoms with Crippen molar-refractivity contribution in [3.05, 3.63) is 28.8 Å². The molecular weight excluding hydrogens is 244 g/mol. The predicted molar refractivity (Wildman–Crippen MR) is 81.5 cm³/mol. The summed E-state index contributed by atoms with van der Waals surface area (Å²) in [6.45, 7) is 10.7. The Labute approximate surface area is 116 Å². The van der Waals surface area contributed by atoms with Crippen molar-refractivity contribution in [3.63, 3.8) is 0 Å². The van der Waals surface area contributed by atoms with Crippen LogP contribution >= 0.6 is 11.6 Å². The molecule has 1 rings (SSSR count). The van der Waals surface area contributed by atoms with Gasteiger partial charge in [0.05, 0.1) is 10.7 Å². The number of rotatable bonds is 6. The Hall–Kier alpha value is -0.730. The SMILES string of the molecule is CC(C)CNCc1cccc(Cl)c1N(C)C(C)C. The highest BCUT2D eigenvalue weighted by Gasteiger charge is 2.13. The highest BCUT2D eigenvalue weighted by atomic mass is 35.5. The number of anilines is 1. The highest BCUT2D eigenvalue weighted by Crippen LogP contribution is 2.30. The van der Waals surface area contributed by atoms with Crippen LogP contribution in [-0.2, 0) is 6.54 Å². The molecule has 0 unspecified atom stereocenters. The summed E-state index contributed by atoms with van der Waals surface area (Å²) in [7, 11) is 2.10. The molecule has 1 aromatic rings. The van der Waals surface area contributed by atoms with Gasteiger partial charge in [-0.15, -0.1) is 0 Å². The number of para-hydroxylation sites is 1. The monoisotopic (exact) mass is 268 g/mol. The molecule has 3 heteroatoms. The molecule has 2 nitrogen and oxygen atoms in total. The van der Waals surface area contributed by atoms with E-state index in [1.54, 1.807) is 0 Å². The van der Waals surface area contributed by atoms with E-state index in [1.807, 2.05) is 12.1 Å². The lowest BCUT2D eigenvalue weighted by Crippen LogP contribution is -2.28. The van der Waals surface area contributed by atoms with E-state index >= 15 is 0 Å². The summed E-state index contributed by atoms with van der Waals surface area (Å²) in [5.41, 5.74) is 2.41. The Morgan fingerprint density at radius 1 is 1.22 bits per heavy atom. The fourth-order valence-corrected chi connectivity index (χ4v) is 2.18. The van der Waals surface area contributed by atoms with Gasteiger partial charge >= 0.3 is 0 Å². The van der Waals surface area contributed by atoms with E-state index < -0.39 is 0 Å². The Morgan fingerprint density at radius 3 is 2.44 bits per heavy atom. The molecule has 0 aliphatic rings. The Bertz CT molecular complexity index is 375. The quantitative estimate of drug-likeness (QED) is 0.841. The first-order chi connectivity index (χ1) is 8.43. The Balaban J connectivity index is 2.87. The normalized spacial score (nSPS) is 11.3. The van der Waals surface area contributed by atoms with Crippen LogP contribution in [0.15, 0.2) is 18.2 Å². The predicted octanol–water partition coefficient (Wildman–Crippen LogP) is 3.93. The summed E-state index contributed by atoms with van der Waals surface area (Å²) in [6.07, 6.45) is 0. The molecule has 102 valence electrons. The van der Waals surface area contributed by atoms with E-state index in [4.69, 9.17) is 11.6 Å². The molecule has 1 N–H and O–H groups in total. The second kappa shape index (κ2) is 7.01. The maximum absolute atomic E-state index is 6.34. The molecule has 0 amide bonds. The number of hydrogen-bond donors (Lipinski definition) is 1. The second-order valence-electron chi connectivity index (χ2n) is 5.48. The van der Waals surface area contributed by atoms with Crippen molar-refractivity contribution in [3.8, 4) is 0 Å². The molecule has 0 atom stereocenters. The molecule has 18 heavy (non-hydrogen) atoms. The third kappa shape index (κ3) is 4.18. The van der Waals surface area contributed by atoms with Gasteiger partial charge in [0.15, 0.2) is 0 Å². The maximum atomic E-state index is 6.34. The largest absolute Gasteiger partial charge is 0.371 e. The van der Waals surface area contributed by atoms with Gasteiger partial charge in [-0.1, -0.05) is 37.6 Å². The van der Waals surface area contributed by atoms with Crippen molar-refractivity contribution in [2.75, 3.05) is 18.5 Å². The molecule has 0 radical (unpaired) electrons. The molecule has 0 aromatic heterocycles.